The van der Waals surface area contributed by atoms with E-state index in [0.29, 0.717) is 48.2 Å². The molecule has 2 aliphatic rings. The van der Waals surface area contributed by atoms with Crippen LogP contribution in [-0.2, 0) is 19.0 Å². The first-order valence-corrected chi connectivity index (χ1v) is 11.2. The van der Waals surface area contributed by atoms with Crippen LogP contribution in [0, 0.1) is 0 Å². The fraction of sp³-hybridized carbons (Fsp3) is 0.391. The Labute approximate surface area is 186 Å². The molecule has 4 heterocycles. The van der Waals surface area contributed by atoms with Gasteiger partial charge in [0.2, 0.25) is 0 Å². The summed E-state index contributed by atoms with van der Waals surface area (Å²) in [6, 6.07) is 3.57. The second-order valence-corrected chi connectivity index (χ2v) is 8.73. The van der Waals surface area contributed by atoms with E-state index in [9.17, 15) is 18.0 Å². The summed E-state index contributed by atoms with van der Waals surface area (Å²) in [5, 5.41) is 14.6. The summed E-state index contributed by atoms with van der Waals surface area (Å²) in [6.45, 7) is 1.42. The third kappa shape index (κ3) is 3.11. The molecular weight excluding hydrogens is 433 g/mol. The number of likely N-dealkylation sites (tertiary alicyclic amines) is 1. The molecule has 2 N–H and O–H groups in total. The van der Waals surface area contributed by atoms with Crippen molar-refractivity contribution in [1.29, 1.82) is 0 Å². The molecule has 1 aliphatic carbocycles. The monoisotopic (exact) mass is 454 g/mol. The zero-order valence-electron chi connectivity index (χ0n) is 17.7. The van der Waals surface area contributed by atoms with Gasteiger partial charge in [0.1, 0.15) is 5.69 Å². The lowest BCUT2D eigenvalue weighted by atomic mass is 9.85. The van der Waals surface area contributed by atoms with Gasteiger partial charge in [-0.1, -0.05) is 0 Å². The van der Waals surface area contributed by atoms with Crippen molar-refractivity contribution in [2.45, 2.75) is 44.7 Å². The second-order valence-electron chi connectivity index (χ2n) is 8.73. The van der Waals surface area contributed by atoms with Crippen LogP contribution in [0.4, 0.5) is 13.2 Å². The maximum absolute atomic E-state index is 13.6. The highest BCUT2D eigenvalue weighted by Crippen LogP contribution is 2.42. The lowest BCUT2D eigenvalue weighted by Crippen LogP contribution is -2.28. The number of hydrogen-bond donors (Lipinski definition) is 2. The normalized spacial score (nSPS) is 16.6. The van der Waals surface area contributed by atoms with E-state index in [2.05, 4.69) is 20.4 Å². The van der Waals surface area contributed by atoms with Crippen LogP contribution >= 0.6 is 0 Å². The summed E-state index contributed by atoms with van der Waals surface area (Å²) in [4.78, 5) is 19.7. The summed E-state index contributed by atoms with van der Waals surface area (Å²) < 4.78 is 40.8. The van der Waals surface area contributed by atoms with E-state index in [4.69, 9.17) is 4.98 Å². The first kappa shape index (κ1) is 20.2. The molecule has 0 unspecified atom stereocenters. The van der Waals surface area contributed by atoms with Crippen LogP contribution in [0.15, 0.2) is 18.3 Å². The van der Waals surface area contributed by atoms with Gasteiger partial charge in [-0.3, -0.25) is 15.0 Å². The van der Waals surface area contributed by atoms with Crippen LogP contribution in [0.5, 0.6) is 0 Å². The SMILES string of the molecule is O=C(c1n[nH]c2ccc3nc(-c4cn[nH]c4C(F)(F)F)c4c(c3c12)CCCC4)N1CCCC1. The average Bonchev–Trinajstić information content (AvgIpc) is 3.57. The molecule has 3 aromatic heterocycles. The van der Waals surface area contributed by atoms with Crippen molar-refractivity contribution in [1.82, 2.24) is 30.3 Å². The molecule has 1 fully saturated rings. The van der Waals surface area contributed by atoms with Crippen molar-refractivity contribution in [3.8, 4) is 11.3 Å². The van der Waals surface area contributed by atoms with Crippen molar-refractivity contribution in [3.05, 3.63) is 40.8 Å². The number of carbonyl (C=O) groups excluding carboxylic acids is 1. The van der Waals surface area contributed by atoms with Crippen molar-refractivity contribution < 1.29 is 18.0 Å². The Kier molecular flexibility index (Phi) is 4.46. The number of pyridine rings is 1. The number of carbonyl (C=O) groups is 1. The smallest absolute Gasteiger partial charge is 0.337 e. The van der Waals surface area contributed by atoms with Gasteiger partial charge in [0.15, 0.2) is 5.69 Å². The first-order valence-electron chi connectivity index (χ1n) is 11.2. The Balaban J connectivity index is 1.63. The largest absolute Gasteiger partial charge is 0.433 e. The number of aromatic amines is 2. The van der Waals surface area contributed by atoms with Crippen LogP contribution in [0.1, 0.15) is 53.0 Å². The minimum Gasteiger partial charge on any atom is -0.337 e. The number of nitrogens with one attached hydrogen (secondary N) is 2. The zero-order chi connectivity index (χ0) is 22.7. The molecular formula is C23H21F3N6O. The molecule has 1 saturated heterocycles. The van der Waals surface area contributed by atoms with Gasteiger partial charge in [-0.15, -0.1) is 0 Å². The minimum absolute atomic E-state index is 0.0387. The molecule has 170 valence electrons. The number of amides is 1. The number of rotatable bonds is 2. The Morgan fingerprint density at radius 2 is 1.73 bits per heavy atom. The molecule has 0 saturated carbocycles. The van der Waals surface area contributed by atoms with Gasteiger partial charge in [0.25, 0.3) is 5.91 Å². The van der Waals surface area contributed by atoms with Crippen molar-refractivity contribution >= 4 is 27.7 Å². The van der Waals surface area contributed by atoms with E-state index < -0.39 is 11.9 Å². The molecule has 0 atom stereocenters. The maximum atomic E-state index is 13.6. The third-order valence-corrected chi connectivity index (χ3v) is 6.77. The van der Waals surface area contributed by atoms with Gasteiger partial charge in [0, 0.05) is 23.9 Å². The maximum Gasteiger partial charge on any atom is 0.433 e. The lowest BCUT2D eigenvalue weighted by molar-refractivity contribution is -0.140. The number of hydrogen-bond acceptors (Lipinski definition) is 4. The number of fused-ring (bicyclic) bond motifs is 5. The number of aryl methyl sites for hydroxylation is 1. The first-order chi connectivity index (χ1) is 15.9. The molecule has 1 aromatic carbocycles. The van der Waals surface area contributed by atoms with Crippen LogP contribution in [0.25, 0.3) is 33.1 Å². The molecule has 10 heteroatoms. The van der Waals surface area contributed by atoms with Gasteiger partial charge < -0.3 is 4.90 Å². The van der Waals surface area contributed by atoms with E-state index in [1.165, 1.54) is 6.20 Å². The number of nitrogens with zero attached hydrogens (tertiary/aromatic N) is 4. The summed E-state index contributed by atoms with van der Waals surface area (Å²) in [5.41, 5.74) is 2.79. The lowest BCUT2D eigenvalue weighted by Gasteiger charge is -2.22. The van der Waals surface area contributed by atoms with Gasteiger partial charge in [0.05, 0.1) is 28.5 Å². The fourth-order valence-corrected chi connectivity index (χ4v) is 5.26. The predicted octanol–water partition coefficient (Wildman–Crippen LogP) is 4.63. The standard InChI is InChI=1S/C23H21F3N6O/c24-23(25,26)21-14(11-27-31-21)19-13-6-2-1-5-12(13)17-15(28-19)7-8-16-18(17)20(30-29-16)22(33)32-9-3-4-10-32/h7-8,11H,1-6,9-10H2,(H,27,31)(H,29,30). The van der Waals surface area contributed by atoms with Crippen LogP contribution in [0.3, 0.4) is 0 Å². The number of benzene rings is 1. The molecule has 0 spiro atoms. The molecule has 6 rings (SSSR count). The summed E-state index contributed by atoms with van der Waals surface area (Å²) in [5.74, 6) is -0.117. The van der Waals surface area contributed by atoms with Gasteiger partial charge >= 0.3 is 6.18 Å². The molecule has 4 aromatic rings. The van der Waals surface area contributed by atoms with Crippen molar-refractivity contribution in [2.75, 3.05) is 13.1 Å². The van der Waals surface area contributed by atoms with Gasteiger partial charge in [-0.25, -0.2) is 4.98 Å². The van der Waals surface area contributed by atoms with E-state index in [1.54, 1.807) is 12.1 Å². The third-order valence-electron chi connectivity index (χ3n) is 6.77. The highest BCUT2D eigenvalue weighted by Gasteiger charge is 2.37. The van der Waals surface area contributed by atoms with Crippen molar-refractivity contribution in [3.63, 3.8) is 0 Å². The number of halogens is 3. The molecule has 1 amide bonds. The van der Waals surface area contributed by atoms with Crippen molar-refractivity contribution in [2.24, 2.45) is 0 Å². The number of aromatic nitrogens is 5. The summed E-state index contributed by atoms with van der Waals surface area (Å²) in [6.07, 6.45) is 1.71. The number of alkyl halides is 3. The summed E-state index contributed by atoms with van der Waals surface area (Å²) >= 11 is 0. The van der Waals surface area contributed by atoms with Gasteiger partial charge in [-0.2, -0.15) is 23.4 Å². The summed E-state index contributed by atoms with van der Waals surface area (Å²) in [7, 11) is 0. The Hall–Kier alpha value is -3.43. The second kappa shape index (κ2) is 7.29. The quantitative estimate of drug-likeness (QED) is 0.462. The van der Waals surface area contributed by atoms with E-state index in [-0.39, 0.29) is 11.5 Å². The van der Waals surface area contributed by atoms with E-state index >= 15 is 0 Å². The van der Waals surface area contributed by atoms with Gasteiger partial charge in [-0.05, 0) is 61.8 Å². The molecule has 33 heavy (non-hydrogen) atoms. The Morgan fingerprint density at radius 3 is 2.48 bits per heavy atom. The topological polar surface area (TPSA) is 90.6 Å². The predicted molar refractivity (Wildman–Crippen MR) is 116 cm³/mol. The molecule has 7 nitrogen and oxygen atoms in total. The molecule has 1 aliphatic heterocycles. The van der Waals surface area contributed by atoms with Crippen LogP contribution < -0.4 is 0 Å². The highest BCUT2D eigenvalue weighted by atomic mass is 19.4. The van der Waals surface area contributed by atoms with E-state index in [1.807, 2.05) is 4.90 Å². The average molecular weight is 454 g/mol. The molecule has 0 radical (unpaired) electrons. The van der Waals surface area contributed by atoms with E-state index in [0.717, 1.165) is 47.7 Å². The highest BCUT2D eigenvalue weighted by molar-refractivity contribution is 6.17. The zero-order valence-corrected chi connectivity index (χ0v) is 17.7. The Bertz CT molecular complexity index is 1400. The fourth-order valence-electron chi connectivity index (χ4n) is 5.26. The Morgan fingerprint density at radius 1 is 0.970 bits per heavy atom. The number of H-pyrrole nitrogens is 2. The van der Waals surface area contributed by atoms with Crippen LogP contribution in [-0.4, -0.2) is 49.3 Å². The molecule has 0 bridgehead atoms. The minimum atomic E-state index is -4.56. The van der Waals surface area contributed by atoms with Crippen LogP contribution in [0.2, 0.25) is 0 Å².